The molecule has 8 heteroatoms. The molecule has 1 aliphatic rings. The first-order valence-electron chi connectivity index (χ1n) is 12.2. The van der Waals surface area contributed by atoms with E-state index in [1.54, 1.807) is 30.9 Å². The van der Waals surface area contributed by atoms with E-state index >= 15 is 0 Å². The van der Waals surface area contributed by atoms with Crippen molar-refractivity contribution < 1.29 is 0 Å². The average molecular weight is 530 g/mol. The quantitative estimate of drug-likeness (QED) is 0.283. The number of nitrogens with two attached hydrogens (primary N) is 1. The van der Waals surface area contributed by atoms with E-state index in [-0.39, 0.29) is 5.56 Å². The summed E-state index contributed by atoms with van der Waals surface area (Å²) in [5, 5.41) is 1.93. The van der Waals surface area contributed by atoms with E-state index in [2.05, 4.69) is 16.0 Å². The highest BCUT2D eigenvalue weighted by Gasteiger charge is 2.35. The fourth-order valence-electron chi connectivity index (χ4n) is 5.08. The van der Waals surface area contributed by atoms with Crippen LogP contribution in [0.3, 0.4) is 0 Å². The van der Waals surface area contributed by atoms with Gasteiger partial charge in [0.1, 0.15) is 10.7 Å². The second-order valence-corrected chi connectivity index (χ2v) is 10.6. The molecule has 0 bridgehead atoms. The number of aromatic nitrogens is 4. The van der Waals surface area contributed by atoms with Crippen LogP contribution in [0.15, 0.2) is 84.2 Å². The molecule has 3 aromatic heterocycles. The van der Waals surface area contributed by atoms with Crippen LogP contribution in [0.2, 0.25) is 10.2 Å². The number of pyridine rings is 2. The number of aryl methyl sites for hydroxylation is 1. The maximum atomic E-state index is 13.3. The van der Waals surface area contributed by atoms with Crippen molar-refractivity contribution in [2.45, 2.75) is 24.9 Å². The van der Waals surface area contributed by atoms with E-state index in [1.165, 1.54) is 0 Å². The van der Waals surface area contributed by atoms with Crippen molar-refractivity contribution >= 4 is 34.1 Å². The summed E-state index contributed by atoms with van der Waals surface area (Å²) in [5.41, 5.74) is 11.2. The lowest BCUT2D eigenvalue weighted by Gasteiger charge is -2.31. The number of halogens is 2. The molecule has 6 nitrogen and oxygen atoms in total. The van der Waals surface area contributed by atoms with Gasteiger partial charge in [-0.25, -0.2) is 9.97 Å². The van der Waals surface area contributed by atoms with Crippen molar-refractivity contribution in [2.24, 2.45) is 18.7 Å². The van der Waals surface area contributed by atoms with Crippen LogP contribution in [0.5, 0.6) is 0 Å². The minimum atomic E-state index is -1.07. The van der Waals surface area contributed by atoms with Crippen molar-refractivity contribution in [3.8, 4) is 11.1 Å². The maximum Gasteiger partial charge on any atom is 0.251 e. The number of rotatable bonds is 6. The molecule has 1 saturated carbocycles. The third-order valence-corrected chi connectivity index (χ3v) is 7.70. The highest BCUT2D eigenvalue weighted by molar-refractivity contribution is 6.31. The monoisotopic (exact) mass is 529 g/mol. The Bertz CT molecular complexity index is 1690. The number of benzene rings is 2. The Morgan fingerprint density at radius 1 is 1.03 bits per heavy atom. The fraction of sp³-hybridized carbons (Fsp3) is 0.207. The van der Waals surface area contributed by atoms with Gasteiger partial charge < -0.3 is 14.9 Å². The van der Waals surface area contributed by atoms with Gasteiger partial charge in [0.25, 0.3) is 5.56 Å². The van der Waals surface area contributed by atoms with Gasteiger partial charge in [0, 0.05) is 41.8 Å². The number of hydrogen-bond donors (Lipinski definition) is 1. The normalized spacial score (nSPS) is 15.1. The van der Waals surface area contributed by atoms with Gasteiger partial charge in [0.05, 0.1) is 23.7 Å². The predicted molar refractivity (Wildman–Crippen MR) is 148 cm³/mol. The Kier molecular flexibility index (Phi) is 5.91. The van der Waals surface area contributed by atoms with Crippen LogP contribution in [0.4, 0.5) is 0 Å². The summed E-state index contributed by atoms with van der Waals surface area (Å²) >= 11 is 12.5. The summed E-state index contributed by atoms with van der Waals surface area (Å²) in [5.74, 6) is 0.542. The van der Waals surface area contributed by atoms with Gasteiger partial charge in [0.15, 0.2) is 0 Å². The van der Waals surface area contributed by atoms with E-state index in [1.807, 2.05) is 58.6 Å². The van der Waals surface area contributed by atoms with E-state index in [0.29, 0.717) is 22.6 Å². The lowest BCUT2D eigenvalue weighted by Crippen LogP contribution is -2.41. The molecule has 186 valence electrons. The van der Waals surface area contributed by atoms with Crippen molar-refractivity contribution in [3.63, 3.8) is 0 Å². The first kappa shape index (κ1) is 23.9. The van der Waals surface area contributed by atoms with Gasteiger partial charge in [-0.3, -0.25) is 4.79 Å². The molecule has 1 aliphatic carbocycles. The third-order valence-electron chi connectivity index (χ3n) is 7.24. The minimum absolute atomic E-state index is 0.0188. The minimum Gasteiger partial charge on any atom is -0.336 e. The SMILES string of the molecule is Cn1cncc1C(N)(c1ccc(Cl)nc1)c1ccc2c(c1)c(-c1cccc(Cl)c1)cc(=O)n2CC1CC1. The molecule has 1 fully saturated rings. The van der Waals surface area contributed by atoms with Gasteiger partial charge in [-0.05, 0) is 65.8 Å². The molecule has 0 aliphatic heterocycles. The van der Waals surface area contributed by atoms with Crippen molar-refractivity contribution in [2.75, 3.05) is 0 Å². The summed E-state index contributed by atoms with van der Waals surface area (Å²) in [7, 11) is 1.92. The lowest BCUT2D eigenvalue weighted by molar-refractivity contribution is 0.593. The third kappa shape index (κ3) is 4.25. The van der Waals surface area contributed by atoms with Gasteiger partial charge in [0.2, 0.25) is 0 Å². The molecule has 0 radical (unpaired) electrons. The van der Waals surface area contributed by atoms with Gasteiger partial charge >= 0.3 is 0 Å². The van der Waals surface area contributed by atoms with Crippen LogP contribution in [0.25, 0.3) is 22.0 Å². The zero-order chi connectivity index (χ0) is 25.7. The molecule has 5 aromatic rings. The molecular weight excluding hydrogens is 505 g/mol. The van der Waals surface area contributed by atoms with Crippen molar-refractivity contribution in [3.05, 3.63) is 117 Å². The van der Waals surface area contributed by atoms with Crippen LogP contribution in [0, 0.1) is 5.92 Å². The van der Waals surface area contributed by atoms with E-state index in [0.717, 1.165) is 51.7 Å². The fourth-order valence-corrected chi connectivity index (χ4v) is 5.38. The van der Waals surface area contributed by atoms with Crippen molar-refractivity contribution in [1.82, 2.24) is 19.1 Å². The lowest BCUT2D eigenvalue weighted by atomic mass is 9.81. The van der Waals surface area contributed by atoms with Crippen LogP contribution < -0.4 is 11.3 Å². The summed E-state index contributed by atoms with van der Waals surface area (Å²) in [4.78, 5) is 22.0. The molecule has 1 unspecified atom stereocenters. The first-order chi connectivity index (χ1) is 17.8. The Labute approximate surface area is 224 Å². The van der Waals surface area contributed by atoms with Crippen LogP contribution in [-0.4, -0.2) is 19.1 Å². The molecule has 3 heterocycles. The Hall–Kier alpha value is -3.45. The van der Waals surface area contributed by atoms with E-state index in [9.17, 15) is 4.79 Å². The molecule has 1 atom stereocenters. The molecule has 0 saturated heterocycles. The van der Waals surface area contributed by atoms with E-state index < -0.39 is 5.54 Å². The predicted octanol–water partition coefficient (Wildman–Crippen LogP) is 5.76. The zero-order valence-electron chi connectivity index (χ0n) is 20.2. The number of imidazole rings is 1. The van der Waals surface area contributed by atoms with Gasteiger partial charge in [-0.15, -0.1) is 0 Å². The van der Waals surface area contributed by atoms with E-state index in [4.69, 9.17) is 28.9 Å². The Balaban J connectivity index is 1.65. The molecule has 6 rings (SSSR count). The maximum absolute atomic E-state index is 13.3. The van der Waals surface area contributed by atoms with Crippen LogP contribution in [0.1, 0.15) is 29.7 Å². The summed E-state index contributed by atoms with van der Waals surface area (Å²) < 4.78 is 3.79. The number of nitrogens with zero attached hydrogens (tertiary/aromatic N) is 4. The highest BCUT2D eigenvalue weighted by Crippen LogP contribution is 2.38. The smallest absolute Gasteiger partial charge is 0.251 e. The topological polar surface area (TPSA) is 78.7 Å². The van der Waals surface area contributed by atoms with Crippen LogP contribution in [-0.2, 0) is 19.1 Å². The largest absolute Gasteiger partial charge is 0.336 e. The summed E-state index contributed by atoms with van der Waals surface area (Å²) in [6, 6.07) is 19.0. The molecule has 0 spiro atoms. The second kappa shape index (κ2) is 9.14. The van der Waals surface area contributed by atoms with Gasteiger partial charge in [-0.1, -0.05) is 47.5 Å². The van der Waals surface area contributed by atoms with Gasteiger partial charge in [-0.2, -0.15) is 0 Å². The highest BCUT2D eigenvalue weighted by atomic mass is 35.5. The van der Waals surface area contributed by atoms with Crippen molar-refractivity contribution in [1.29, 1.82) is 0 Å². The second-order valence-electron chi connectivity index (χ2n) is 9.76. The molecular formula is C29H25Cl2N5O. The number of fused-ring (bicyclic) bond motifs is 1. The standard InChI is InChI=1S/C29H25Cl2N5O/c1-35-17-33-15-26(35)29(32,21-8-10-27(31)34-14-21)20-7-9-25-24(12-20)23(19-3-2-4-22(30)11-19)13-28(37)36(25)16-18-5-6-18/h2-4,7-15,17-18H,5-6,16,32H2,1H3. The Morgan fingerprint density at radius 2 is 1.84 bits per heavy atom. The first-order valence-corrected chi connectivity index (χ1v) is 12.9. The average Bonchev–Trinajstić information content (AvgIpc) is 3.62. The molecule has 2 N–H and O–H groups in total. The summed E-state index contributed by atoms with van der Waals surface area (Å²) in [6.45, 7) is 0.709. The van der Waals surface area contributed by atoms with Crippen LogP contribution >= 0.6 is 23.2 Å². The molecule has 0 amide bonds. The summed E-state index contributed by atoms with van der Waals surface area (Å²) in [6.07, 6.45) is 7.50. The Morgan fingerprint density at radius 3 is 2.51 bits per heavy atom. The molecule has 2 aromatic carbocycles. The molecule has 37 heavy (non-hydrogen) atoms. The number of hydrogen-bond acceptors (Lipinski definition) is 4. The zero-order valence-corrected chi connectivity index (χ0v) is 21.7.